The number of thioether (sulfide) groups is 1. The minimum atomic E-state index is 0.779. The fourth-order valence-corrected chi connectivity index (χ4v) is 4.58. The van der Waals surface area contributed by atoms with Crippen molar-refractivity contribution < 1.29 is 0 Å². The Morgan fingerprint density at radius 3 is 2.52 bits per heavy atom. The number of piperazine rings is 1. The molecular formula is C18H26N2S. The van der Waals surface area contributed by atoms with Crippen LogP contribution in [0.5, 0.6) is 0 Å². The van der Waals surface area contributed by atoms with Gasteiger partial charge in [-0.15, -0.1) is 11.8 Å². The maximum absolute atomic E-state index is 3.84. The Morgan fingerprint density at radius 1 is 1.05 bits per heavy atom. The van der Waals surface area contributed by atoms with Crippen LogP contribution in [-0.4, -0.2) is 42.4 Å². The first kappa shape index (κ1) is 14.1. The maximum atomic E-state index is 3.84. The van der Waals surface area contributed by atoms with Crippen LogP contribution in [0.3, 0.4) is 0 Å². The van der Waals surface area contributed by atoms with E-state index >= 15 is 0 Å². The number of nitrogens with zero attached hydrogens (tertiary/aromatic N) is 1. The summed E-state index contributed by atoms with van der Waals surface area (Å²) in [4.78, 5) is 4.22. The average molecular weight is 302 g/mol. The van der Waals surface area contributed by atoms with Crippen LogP contribution in [0.15, 0.2) is 35.2 Å². The van der Waals surface area contributed by atoms with Crippen molar-refractivity contribution in [2.75, 3.05) is 25.4 Å². The molecule has 2 unspecified atom stereocenters. The third kappa shape index (κ3) is 3.64. The molecular weight excluding hydrogens is 276 g/mol. The minimum Gasteiger partial charge on any atom is -0.311 e. The van der Waals surface area contributed by atoms with Gasteiger partial charge in [-0.2, -0.15) is 0 Å². The van der Waals surface area contributed by atoms with Gasteiger partial charge in [0.25, 0.3) is 0 Å². The molecule has 0 aromatic heterocycles. The molecule has 21 heavy (non-hydrogen) atoms. The van der Waals surface area contributed by atoms with E-state index in [1.165, 1.54) is 56.0 Å². The van der Waals surface area contributed by atoms with Crippen LogP contribution in [0.2, 0.25) is 0 Å². The van der Waals surface area contributed by atoms with Gasteiger partial charge in [0, 0.05) is 42.4 Å². The summed E-state index contributed by atoms with van der Waals surface area (Å²) in [5.74, 6) is 3.19. The predicted molar refractivity (Wildman–Crippen MR) is 89.8 cm³/mol. The zero-order chi connectivity index (χ0) is 14.1. The summed E-state index contributed by atoms with van der Waals surface area (Å²) in [5, 5.41) is 3.84. The summed E-state index contributed by atoms with van der Waals surface area (Å²) >= 11 is 2.01. The van der Waals surface area contributed by atoms with Crippen LogP contribution in [0.4, 0.5) is 0 Å². The van der Waals surface area contributed by atoms with Gasteiger partial charge in [0.2, 0.25) is 0 Å². The zero-order valence-corrected chi connectivity index (χ0v) is 13.5. The van der Waals surface area contributed by atoms with E-state index in [1.807, 2.05) is 11.8 Å². The second-order valence-corrected chi connectivity index (χ2v) is 8.08. The minimum absolute atomic E-state index is 0.779. The van der Waals surface area contributed by atoms with E-state index in [4.69, 9.17) is 0 Å². The summed E-state index contributed by atoms with van der Waals surface area (Å²) in [6.07, 6.45) is 5.84. The summed E-state index contributed by atoms with van der Waals surface area (Å²) in [6.45, 7) is 3.79. The molecule has 114 valence electrons. The van der Waals surface area contributed by atoms with Gasteiger partial charge in [0.05, 0.1) is 0 Å². The van der Waals surface area contributed by atoms with E-state index in [2.05, 4.69) is 40.5 Å². The molecule has 1 aromatic rings. The molecule has 0 spiro atoms. The molecule has 3 fully saturated rings. The van der Waals surface area contributed by atoms with Gasteiger partial charge in [0.1, 0.15) is 0 Å². The third-order valence-corrected chi connectivity index (χ3v) is 6.23. The third-order valence-electron chi connectivity index (χ3n) is 5.24. The van der Waals surface area contributed by atoms with Gasteiger partial charge in [-0.25, -0.2) is 0 Å². The van der Waals surface area contributed by atoms with Crippen molar-refractivity contribution >= 4 is 11.8 Å². The van der Waals surface area contributed by atoms with Gasteiger partial charge >= 0.3 is 0 Å². The van der Waals surface area contributed by atoms with Gasteiger partial charge < -0.3 is 5.32 Å². The summed E-state index contributed by atoms with van der Waals surface area (Å²) in [6, 6.07) is 12.4. The molecule has 1 N–H and O–H groups in total. The molecule has 2 atom stereocenters. The predicted octanol–water partition coefficient (Wildman–Crippen LogP) is 3.24. The van der Waals surface area contributed by atoms with Gasteiger partial charge in [-0.05, 0) is 49.7 Å². The Balaban J connectivity index is 1.31. The van der Waals surface area contributed by atoms with Crippen molar-refractivity contribution in [1.29, 1.82) is 0 Å². The Hall–Kier alpha value is -0.510. The van der Waals surface area contributed by atoms with E-state index in [-0.39, 0.29) is 0 Å². The lowest BCUT2D eigenvalue weighted by Crippen LogP contribution is -2.58. The number of hydrogen-bond donors (Lipinski definition) is 1. The Bertz CT molecular complexity index is 456. The van der Waals surface area contributed by atoms with E-state index in [0.717, 1.165) is 23.9 Å². The van der Waals surface area contributed by atoms with Crippen LogP contribution in [0.1, 0.15) is 25.7 Å². The Kier molecular flexibility index (Phi) is 4.24. The summed E-state index contributed by atoms with van der Waals surface area (Å²) < 4.78 is 0. The monoisotopic (exact) mass is 302 g/mol. The first-order valence-electron chi connectivity index (χ1n) is 8.55. The highest BCUT2D eigenvalue weighted by atomic mass is 32.2. The molecule has 3 heteroatoms. The number of benzene rings is 1. The molecule has 2 aliphatic carbocycles. The fraction of sp³-hybridized carbons (Fsp3) is 0.667. The van der Waals surface area contributed by atoms with E-state index in [0.29, 0.717) is 0 Å². The lowest BCUT2D eigenvalue weighted by atomic mass is 10.0. The smallest absolute Gasteiger partial charge is 0.0249 e. The van der Waals surface area contributed by atoms with Gasteiger partial charge in [-0.1, -0.05) is 18.2 Å². The van der Waals surface area contributed by atoms with Crippen LogP contribution < -0.4 is 5.32 Å². The highest BCUT2D eigenvalue weighted by Gasteiger charge is 2.42. The van der Waals surface area contributed by atoms with Crippen LogP contribution in [0.25, 0.3) is 0 Å². The first-order valence-corrected chi connectivity index (χ1v) is 9.54. The van der Waals surface area contributed by atoms with Crippen molar-refractivity contribution in [3.63, 3.8) is 0 Å². The molecule has 1 aromatic carbocycles. The standard InChI is InChI=1S/C18H26N2S/c1-2-4-16(5-3-1)21-11-10-20-13-17(14-6-7-14)19-12-18(20)15-8-9-15/h1-5,14-15,17-19H,6-13H2. The summed E-state index contributed by atoms with van der Waals surface area (Å²) in [5.41, 5.74) is 0. The van der Waals surface area contributed by atoms with Crippen molar-refractivity contribution in [2.24, 2.45) is 11.8 Å². The van der Waals surface area contributed by atoms with E-state index in [9.17, 15) is 0 Å². The van der Waals surface area contributed by atoms with Crippen LogP contribution in [-0.2, 0) is 0 Å². The Labute approximate surface area is 132 Å². The molecule has 1 heterocycles. The van der Waals surface area contributed by atoms with Gasteiger partial charge in [-0.3, -0.25) is 4.90 Å². The normalized spacial score (nSPS) is 30.5. The maximum Gasteiger partial charge on any atom is 0.0249 e. The zero-order valence-electron chi connectivity index (χ0n) is 12.7. The lowest BCUT2D eigenvalue weighted by Gasteiger charge is -2.41. The topological polar surface area (TPSA) is 15.3 Å². The van der Waals surface area contributed by atoms with E-state index < -0.39 is 0 Å². The highest BCUT2D eigenvalue weighted by molar-refractivity contribution is 7.99. The van der Waals surface area contributed by atoms with Crippen molar-refractivity contribution in [3.8, 4) is 0 Å². The van der Waals surface area contributed by atoms with Crippen molar-refractivity contribution in [1.82, 2.24) is 10.2 Å². The second-order valence-electron chi connectivity index (χ2n) is 6.91. The number of nitrogens with one attached hydrogen (secondary N) is 1. The molecule has 2 nitrogen and oxygen atoms in total. The lowest BCUT2D eigenvalue weighted by molar-refractivity contribution is 0.115. The molecule has 2 saturated carbocycles. The van der Waals surface area contributed by atoms with E-state index in [1.54, 1.807) is 0 Å². The van der Waals surface area contributed by atoms with Crippen molar-refractivity contribution in [2.45, 2.75) is 42.7 Å². The molecule has 4 rings (SSSR count). The molecule has 0 radical (unpaired) electrons. The van der Waals surface area contributed by atoms with Crippen molar-refractivity contribution in [3.05, 3.63) is 30.3 Å². The first-order chi connectivity index (χ1) is 10.4. The number of hydrogen-bond acceptors (Lipinski definition) is 3. The molecule has 1 aliphatic heterocycles. The summed E-state index contributed by atoms with van der Waals surface area (Å²) in [7, 11) is 0. The highest BCUT2D eigenvalue weighted by Crippen LogP contribution is 2.39. The number of rotatable bonds is 6. The molecule has 1 saturated heterocycles. The van der Waals surface area contributed by atoms with Crippen LogP contribution in [0, 0.1) is 11.8 Å². The largest absolute Gasteiger partial charge is 0.311 e. The molecule has 0 bridgehead atoms. The fourth-order valence-electron chi connectivity index (χ4n) is 3.67. The van der Waals surface area contributed by atoms with Gasteiger partial charge in [0.15, 0.2) is 0 Å². The Morgan fingerprint density at radius 2 is 1.81 bits per heavy atom. The van der Waals surface area contributed by atoms with Crippen LogP contribution >= 0.6 is 11.8 Å². The second kappa shape index (κ2) is 6.31. The average Bonchev–Trinajstić information content (AvgIpc) is 3.41. The SMILES string of the molecule is c1ccc(SCCN2CC(C3CC3)NCC2C2CC2)cc1. The molecule has 0 amide bonds. The quantitative estimate of drug-likeness (QED) is 0.812. The molecule has 3 aliphatic rings.